The number of anilines is 1. The first kappa shape index (κ1) is 29.7. The molecule has 0 spiro atoms. The van der Waals surface area contributed by atoms with Gasteiger partial charge in [0.2, 0.25) is 15.9 Å². The van der Waals surface area contributed by atoms with Crippen LogP contribution in [-0.2, 0) is 21.4 Å². The van der Waals surface area contributed by atoms with Crippen molar-refractivity contribution in [3.63, 3.8) is 0 Å². The zero-order valence-corrected chi connectivity index (χ0v) is 24.6. The van der Waals surface area contributed by atoms with Gasteiger partial charge in [-0.3, -0.25) is 14.2 Å². The van der Waals surface area contributed by atoms with Crippen LogP contribution in [0.4, 0.5) is 10.1 Å². The maximum atomic E-state index is 13.9. The fourth-order valence-electron chi connectivity index (χ4n) is 4.38. The van der Waals surface area contributed by atoms with Gasteiger partial charge in [0.05, 0.1) is 28.6 Å². The summed E-state index contributed by atoms with van der Waals surface area (Å²) < 4.78 is 42.6. The van der Waals surface area contributed by atoms with Crippen LogP contribution in [0.15, 0.2) is 82.8 Å². The van der Waals surface area contributed by atoms with Gasteiger partial charge < -0.3 is 10.6 Å². The Bertz CT molecular complexity index is 1710. The Morgan fingerprint density at radius 1 is 0.976 bits per heavy atom. The first-order valence-electron chi connectivity index (χ1n) is 13.0. The number of carbonyl (C=O) groups excluding carboxylic acids is 2. The van der Waals surface area contributed by atoms with Crippen molar-refractivity contribution < 1.29 is 22.4 Å². The molecular weight excluding hydrogens is 603 g/mol. The van der Waals surface area contributed by atoms with Crippen molar-refractivity contribution in [1.82, 2.24) is 24.4 Å². The maximum absolute atomic E-state index is 13.9. The van der Waals surface area contributed by atoms with Gasteiger partial charge in [-0.05, 0) is 67.4 Å². The molecule has 10 nitrogen and oxygen atoms in total. The van der Waals surface area contributed by atoms with Crippen LogP contribution >= 0.6 is 23.4 Å². The molecule has 0 atom stereocenters. The van der Waals surface area contributed by atoms with Gasteiger partial charge in [-0.1, -0.05) is 41.6 Å². The SMILES string of the molecule is O=C(CSc1nnc(CNC(=O)c2ccc(S(=O)(=O)N3CCCC3)cc2)n1-c1cccc(Cl)c1)Nc1ccccc1F. The number of halogens is 2. The van der Waals surface area contributed by atoms with Crippen LogP contribution < -0.4 is 10.6 Å². The fraction of sp³-hybridized carbons (Fsp3) is 0.214. The van der Waals surface area contributed by atoms with Gasteiger partial charge in [-0.2, -0.15) is 4.31 Å². The molecule has 2 heterocycles. The summed E-state index contributed by atoms with van der Waals surface area (Å²) in [6.45, 7) is 0.969. The summed E-state index contributed by atoms with van der Waals surface area (Å²) in [6, 6.07) is 18.6. The monoisotopic (exact) mass is 628 g/mol. The quantitative estimate of drug-likeness (QED) is 0.248. The zero-order valence-electron chi connectivity index (χ0n) is 22.2. The van der Waals surface area contributed by atoms with Gasteiger partial charge in [0.25, 0.3) is 5.91 Å². The van der Waals surface area contributed by atoms with E-state index in [9.17, 15) is 22.4 Å². The molecule has 0 bridgehead atoms. The van der Waals surface area contributed by atoms with E-state index in [1.165, 1.54) is 46.8 Å². The van der Waals surface area contributed by atoms with Crippen molar-refractivity contribution >= 4 is 50.9 Å². The third kappa shape index (κ3) is 6.81. The number of carbonyl (C=O) groups is 2. The number of aromatic nitrogens is 3. The van der Waals surface area contributed by atoms with Crippen LogP contribution in [0.5, 0.6) is 0 Å². The topological polar surface area (TPSA) is 126 Å². The third-order valence-electron chi connectivity index (χ3n) is 6.47. The van der Waals surface area contributed by atoms with Crippen LogP contribution in [0.2, 0.25) is 5.02 Å². The largest absolute Gasteiger partial charge is 0.345 e. The number of hydrogen-bond donors (Lipinski definition) is 2. The summed E-state index contributed by atoms with van der Waals surface area (Å²) in [5, 5.41) is 14.6. The first-order chi connectivity index (χ1) is 20.2. The number of benzene rings is 3. The molecule has 1 aliphatic rings. The minimum absolute atomic E-state index is 0.0197. The van der Waals surface area contributed by atoms with Gasteiger partial charge in [0.15, 0.2) is 11.0 Å². The van der Waals surface area contributed by atoms with Crippen molar-refractivity contribution in [2.45, 2.75) is 29.4 Å². The van der Waals surface area contributed by atoms with Crippen molar-refractivity contribution in [3.05, 3.63) is 95.0 Å². The average Bonchev–Trinajstić information content (AvgIpc) is 3.67. The molecule has 14 heteroatoms. The van der Waals surface area contributed by atoms with Crippen LogP contribution in [0.1, 0.15) is 29.0 Å². The lowest BCUT2D eigenvalue weighted by atomic mass is 10.2. The van der Waals surface area contributed by atoms with E-state index in [4.69, 9.17) is 11.6 Å². The number of rotatable bonds is 10. The summed E-state index contributed by atoms with van der Waals surface area (Å²) in [6.07, 6.45) is 1.67. The van der Waals surface area contributed by atoms with Gasteiger partial charge in [-0.25, -0.2) is 12.8 Å². The molecule has 1 aromatic heterocycles. The van der Waals surface area contributed by atoms with Gasteiger partial charge >= 0.3 is 0 Å². The van der Waals surface area contributed by atoms with Gasteiger partial charge in [0.1, 0.15) is 5.82 Å². The van der Waals surface area contributed by atoms with E-state index in [0.29, 0.717) is 34.8 Å². The molecule has 2 N–H and O–H groups in total. The Balaban J connectivity index is 1.29. The van der Waals surface area contributed by atoms with E-state index < -0.39 is 27.7 Å². The van der Waals surface area contributed by atoms with E-state index in [1.807, 2.05) is 0 Å². The van der Waals surface area contributed by atoms with Gasteiger partial charge in [-0.15, -0.1) is 10.2 Å². The second kappa shape index (κ2) is 13.0. The molecule has 0 aliphatic carbocycles. The molecule has 0 unspecified atom stereocenters. The summed E-state index contributed by atoms with van der Waals surface area (Å²) >= 11 is 7.30. The van der Waals surface area contributed by atoms with Crippen molar-refractivity contribution in [3.8, 4) is 5.69 Å². The van der Waals surface area contributed by atoms with E-state index >= 15 is 0 Å². The molecule has 2 amide bonds. The molecule has 5 rings (SSSR count). The molecule has 42 heavy (non-hydrogen) atoms. The molecule has 0 radical (unpaired) electrons. The second-order valence-electron chi connectivity index (χ2n) is 9.35. The molecule has 4 aromatic rings. The number of hydrogen-bond acceptors (Lipinski definition) is 7. The normalized spacial score (nSPS) is 13.7. The number of nitrogens with zero attached hydrogens (tertiary/aromatic N) is 4. The molecular formula is C28H26ClFN6O4S2. The highest BCUT2D eigenvalue weighted by Gasteiger charge is 2.27. The van der Waals surface area contributed by atoms with E-state index in [1.54, 1.807) is 34.9 Å². The number of amides is 2. The lowest BCUT2D eigenvalue weighted by molar-refractivity contribution is -0.113. The number of para-hydroxylation sites is 1. The highest BCUT2D eigenvalue weighted by atomic mass is 35.5. The second-order valence-corrected chi connectivity index (χ2v) is 12.7. The molecule has 0 saturated carbocycles. The predicted molar refractivity (Wildman–Crippen MR) is 158 cm³/mol. The lowest BCUT2D eigenvalue weighted by Crippen LogP contribution is -2.28. The van der Waals surface area contributed by atoms with E-state index in [-0.39, 0.29) is 28.4 Å². The zero-order chi connectivity index (χ0) is 29.7. The first-order valence-corrected chi connectivity index (χ1v) is 15.8. The Morgan fingerprint density at radius 2 is 1.71 bits per heavy atom. The maximum Gasteiger partial charge on any atom is 0.251 e. The van der Waals surface area contributed by atoms with E-state index in [2.05, 4.69) is 20.8 Å². The summed E-state index contributed by atoms with van der Waals surface area (Å²) in [7, 11) is -3.59. The van der Waals surface area contributed by atoms with Crippen LogP contribution in [0.25, 0.3) is 5.69 Å². The number of nitrogens with one attached hydrogen (secondary N) is 2. The van der Waals surface area contributed by atoms with Crippen LogP contribution in [0, 0.1) is 5.82 Å². The lowest BCUT2D eigenvalue weighted by Gasteiger charge is -2.15. The fourth-order valence-corrected chi connectivity index (χ4v) is 6.85. The van der Waals surface area contributed by atoms with E-state index in [0.717, 1.165) is 24.6 Å². The van der Waals surface area contributed by atoms with Gasteiger partial charge in [0, 0.05) is 23.7 Å². The molecule has 3 aromatic carbocycles. The summed E-state index contributed by atoms with van der Waals surface area (Å²) in [4.78, 5) is 25.6. The Labute approximate surface area is 251 Å². The number of thioether (sulfide) groups is 1. The molecule has 1 saturated heterocycles. The molecule has 218 valence electrons. The minimum Gasteiger partial charge on any atom is -0.345 e. The molecule has 1 aliphatic heterocycles. The summed E-state index contributed by atoms with van der Waals surface area (Å²) in [5.41, 5.74) is 0.971. The Kier molecular flexibility index (Phi) is 9.21. The van der Waals surface area contributed by atoms with Crippen LogP contribution in [0.3, 0.4) is 0 Å². The third-order valence-corrected chi connectivity index (χ3v) is 9.55. The highest BCUT2D eigenvalue weighted by Crippen LogP contribution is 2.25. The van der Waals surface area contributed by atoms with Crippen LogP contribution in [-0.4, -0.2) is 58.1 Å². The van der Waals surface area contributed by atoms with Crippen molar-refractivity contribution in [1.29, 1.82) is 0 Å². The standard InChI is InChI=1S/C28H26ClFN6O4S2/c29-20-6-5-7-21(16-20)36-25(33-34-28(36)41-18-26(37)32-24-9-2-1-8-23(24)30)17-31-27(38)19-10-12-22(13-11-19)42(39,40)35-14-3-4-15-35/h1-2,5-13,16H,3-4,14-15,17-18H2,(H,31,38)(H,32,37). The van der Waals surface area contributed by atoms with Crippen molar-refractivity contribution in [2.75, 3.05) is 24.2 Å². The Hall–Kier alpha value is -3.78. The highest BCUT2D eigenvalue weighted by molar-refractivity contribution is 7.99. The molecule has 1 fully saturated rings. The summed E-state index contributed by atoms with van der Waals surface area (Å²) in [5.74, 6) is -1.11. The average molecular weight is 629 g/mol. The Morgan fingerprint density at radius 3 is 2.43 bits per heavy atom. The predicted octanol–water partition coefficient (Wildman–Crippen LogP) is 4.51. The minimum atomic E-state index is -3.59. The van der Waals surface area contributed by atoms with Crippen molar-refractivity contribution in [2.24, 2.45) is 0 Å². The smallest absolute Gasteiger partial charge is 0.251 e. The number of sulfonamides is 1.